The SMILES string of the molecule is CC(C)CC(NC(=O)C(NC(=O)C(Cc1ccc(O)cc1)NC(=O)C(C)N)C(C)O)C(=O)O. The summed E-state index contributed by atoms with van der Waals surface area (Å²) in [7, 11) is 0. The maximum atomic E-state index is 13.0. The number of hydrogen-bond donors (Lipinski definition) is 7. The summed E-state index contributed by atoms with van der Waals surface area (Å²) in [6.07, 6.45) is -1.17. The first-order valence-corrected chi connectivity index (χ1v) is 10.7. The highest BCUT2D eigenvalue weighted by Crippen LogP contribution is 2.12. The van der Waals surface area contributed by atoms with Crippen molar-refractivity contribution in [2.75, 3.05) is 0 Å². The summed E-state index contributed by atoms with van der Waals surface area (Å²) in [6, 6.07) is 1.28. The maximum Gasteiger partial charge on any atom is 0.326 e. The van der Waals surface area contributed by atoms with Crippen LogP contribution in [0.2, 0.25) is 0 Å². The third kappa shape index (κ3) is 9.46. The van der Waals surface area contributed by atoms with E-state index in [-0.39, 0.29) is 24.5 Å². The predicted octanol–water partition coefficient (Wildman–Crippen LogP) is -0.752. The molecule has 1 aromatic rings. The summed E-state index contributed by atoms with van der Waals surface area (Å²) in [5, 5.41) is 36.1. The van der Waals surface area contributed by atoms with Crippen molar-refractivity contribution in [3.8, 4) is 5.75 Å². The molecule has 8 N–H and O–H groups in total. The van der Waals surface area contributed by atoms with Crippen LogP contribution < -0.4 is 21.7 Å². The van der Waals surface area contributed by atoms with E-state index in [1.54, 1.807) is 26.0 Å². The number of amides is 3. The maximum absolute atomic E-state index is 13.0. The lowest BCUT2D eigenvalue weighted by molar-refractivity contribution is -0.143. The lowest BCUT2D eigenvalue weighted by Crippen LogP contribution is -2.60. The molecule has 33 heavy (non-hydrogen) atoms. The van der Waals surface area contributed by atoms with Crippen molar-refractivity contribution in [1.29, 1.82) is 0 Å². The van der Waals surface area contributed by atoms with Gasteiger partial charge in [0.2, 0.25) is 17.7 Å². The molecule has 3 amide bonds. The first kappa shape index (κ1) is 27.9. The highest BCUT2D eigenvalue weighted by atomic mass is 16.4. The van der Waals surface area contributed by atoms with Gasteiger partial charge in [0.25, 0.3) is 0 Å². The van der Waals surface area contributed by atoms with E-state index < -0.39 is 54.0 Å². The largest absolute Gasteiger partial charge is 0.508 e. The van der Waals surface area contributed by atoms with Crippen molar-refractivity contribution < 1.29 is 34.5 Å². The second-order valence-corrected chi connectivity index (χ2v) is 8.48. The van der Waals surface area contributed by atoms with Gasteiger partial charge >= 0.3 is 5.97 Å². The van der Waals surface area contributed by atoms with Crippen LogP contribution in [0.1, 0.15) is 39.7 Å². The number of phenolic OH excluding ortho intramolecular Hbond substituents is 1. The molecule has 0 bridgehead atoms. The van der Waals surface area contributed by atoms with Gasteiger partial charge in [-0.2, -0.15) is 0 Å². The van der Waals surface area contributed by atoms with E-state index in [9.17, 15) is 34.5 Å². The average molecular weight is 467 g/mol. The molecule has 0 aromatic heterocycles. The molecule has 0 fully saturated rings. The minimum Gasteiger partial charge on any atom is -0.508 e. The van der Waals surface area contributed by atoms with E-state index in [1.807, 2.05) is 0 Å². The molecule has 1 aromatic carbocycles. The van der Waals surface area contributed by atoms with Crippen LogP contribution in [-0.2, 0) is 25.6 Å². The Morgan fingerprint density at radius 1 is 0.879 bits per heavy atom. The minimum absolute atomic E-state index is 0.0177. The summed E-state index contributed by atoms with van der Waals surface area (Å²) >= 11 is 0. The van der Waals surface area contributed by atoms with Crippen molar-refractivity contribution >= 4 is 23.7 Å². The molecule has 0 saturated carbocycles. The number of phenols is 1. The fraction of sp³-hybridized carbons (Fsp3) is 0.545. The zero-order valence-electron chi connectivity index (χ0n) is 19.2. The molecule has 0 saturated heterocycles. The van der Waals surface area contributed by atoms with Crippen molar-refractivity contribution in [2.45, 2.75) is 70.8 Å². The molecule has 0 aliphatic carbocycles. The highest BCUT2D eigenvalue weighted by Gasteiger charge is 2.32. The monoisotopic (exact) mass is 466 g/mol. The van der Waals surface area contributed by atoms with Gasteiger partial charge in [-0.25, -0.2) is 4.79 Å². The lowest BCUT2D eigenvalue weighted by atomic mass is 10.0. The Labute approximate surface area is 192 Å². The predicted molar refractivity (Wildman–Crippen MR) is 120 cm³/mol. The number of carbonyl (C=O) groups is 4. The highest BCUT2D eigenvalue weighted by molar-refractivity contribution is 5.94. The van der Waals surface area contributed by atoms with Gasteiger partial charge in [0, 0.05) is 6.42 Å². The molecule has 0 spiro atoms. The summed E-state index contributed by atoms with van der Waals surface area (Å²) in [6.45, 7) is 6.31. The van der Waals surface area contributed by atoms with E-state index >= 15 is 0 Å². The van der Waals surface area contributed by atoms with Gasteiger partial charge < -0.3 is 37.0 Å². The zero-order valence-corrected chi connectivity index (χ0v) is 19.2. The number of benzene rings is 1. The van der Waals surface area contributed by atoms with Gasteiger partial charge in [-0.15, -0.1) is 0 Å². The normalized spacial score (nSPS) is 15.6. The van der Waals surface area contributed by atoms with Gasteiger partial charge in [0.1, 0.15) is 23.9 Å². The minimum atomic E-state index is -1.46. The second kappa shape index (κ2) is 12.8. The molecule has 0 aliphatic heterocycles. The second-order valence-electron chi connectivity index (χ2n) is 8.48. The van der Waals surface area contributed by atoms with Crippen LogP contribution in [0.25, 0.3) is 0 Å². The number of nitrogens with one attached hydrogen (secondary N) is 3. The Hall–Kier alpha value is -3.18. The summed E-state index contributed by atoms with van der Waals surface area (Å²) in [5.74, 6) is -3.46. The molecule has 5 unspecified atom stereocenters. The number of aliphatic hydroxyl groups is 1. The Balaban J connectivity index is 3.04. The molecule has 0 aliphatic rings. The van der Waals surface area contributed by atoms with Crippen LogP contribution in [0.4, 0.5) is 0 Å². The molecule has 11 heteroatoms. The van der Waals surface area contributed by atoms with Crippen molar-refractivity contribution in [1.82, 2.24) is 16.0 Å². The third-order valence-electron chi connectivity index (χ3n) is 4.81. The smallest absolute Gasteiger partial charge is 0.326 e. The Morgan fingerprint density at radius 3 is 1.88 bits per heavy atom. The molecule has 0 radical (unpaired) electrons. The number of aliphatic hydroxyl groups excluding tert-OH is 1. The van der Waals surface area contributed by atoms with Gasteiger partial charge in [-0.3, -0.25) is 14.4 Å². The first-order chi connectivity index (χ1) is 15.3. The third-order valence-corrected chi connectivity index (χ3v) is 4.81. The number of carboxylic acid groups (broad SMARTS) is 1. The van der Waals surface area contributed by atoms with Gasteiger partial charge in [-0.05, 0) is 43.9 Å². The van der Waals surface area contributed by atoms with E-state index in [0.29, 0.717) is 5.56 Å². The Bertz CT molecular complexity index is 825. The van der Waals surface area contributed by atoms with Gasteiger partial charge in [0.15, 0.2) is 0 Å². The fourth-order valence-corrected chi connectivity index (χ4v) is 2.99. The van der Waals surface area contributed by atoms with E-state index in [1.165, 1.54) is 26.0 Å². The number of aromatic hydroxyl groups is 1. The molecular weight excluding hydrogens is 432 g/mol. The van der Waals surface area contributed by atoms with E-state index in [4.69, 9.17) is 5.73 Å². The number of aliphatic carboxylic acids is 1. The van der Waals surface area contributed by atoms with Crippen molar-refractivity contribution in [2.24, 2.45) is 11.7 Å². The fourth-order valence-electron chi connectivity index (χ4n) is 2.99. The molecule has 1 rings (SSSR count). The molecule has 5 atom stereocenters. The van der Waals surface area contributed by atoms with Crippen molar-refractivity contribution in [3.05, 3.63) is 29.8 Å². The zero-order chi connectivity index (χ0) is 25.3. The van der Waals surface area contributed by atoms with Crippen LogP contribution >= 0.6 is 0 Å². The summed E-state index contributed by atoms with van der Waals surface area (Å²) in [4.78, 5) is 49.2. The number of hydrogen-bond acceptors (Lipinski definition) is 7. The Morgan fingerprint density at radius 2 is 1.42 bits per heavy atom. The van der Waals surface area contributed by atoms with Crippen LogP contribution in [0.3, 0.4) is 0 Å². The topological polar surface area (TPSA) is 191 Å². The average Bonchev–Trinajstić information content (AvgIpc) is 2.71. The van der Waals surface area contributed by atoms with Crippen LogP contribution in [0.15, 0.2) is 24.3 Å². The molecular formula is C22H34N4O7. The summed E-state index contributed by atoms with van der Waals surface area (Å²) in [5.41, 5.74) is 6.19. The number of carbonyl (C=O) groups excluding carboxylic acids is 3. The lowest BCUT2D eigenvalue weighted by Gasteiger charge is -2.26. The van der Waals surface area contributed by atoms with Crippen molar-refractivity contribution in [3.63, 3.8) is 0 Å². The van der Waals surface area contributed by atoms with E-state index in [0.717, 1.165) is 0 Å². The number of carboxylic acids is 1. The molecule has 0 heterocycles. The van der Waals surface area contributed by atoms with Crippen LogP contribution in [0.5, 0.6) is 5.75 Å². The molecule has 184 valence electrons. The van der Waals surface area contributed by atoms with Crippen LogP contribution in [0, 0.1) is 5.92 Å². The standard InChI is InChI=1S/C22H34N4O7/c1-11(2)9-17(22(32)33)25-21(31)18(13(4)27)26-20(30)16(24-19(29)12(3)23)10-14-5-7-15(28)8-6-14/h5-8,11-13,16-18,27-28H,9-10,23H2,1-4H3,(H,24,29)(H,25,31)(H,26,30)(H,32,33). The summed E-state index contributed by atoms with van der Waals surface area (Å²) < 4.78 is 0. The molecule has 11 nitrogen and oxygen atoms in total. The first-order valence-electron chi connectivity index (χ1n) is 10.7. The Kier molecular flexibility index (Phi) is 10.8. The quantitative estimate of drug-likeness (QED) is 0.209. The van der Waals surface area contributed by atoms with E-state index in [2.05, 4.69) is 16.0 Å². The van der Waals surface area contributed by atoms with Gasteiger partial charge in [-0.1, -0.05) is 26.0 Å². The van der Waals surface area contributed by atoms with Crippen LogP contribution in [-0.4, -0.2) is 69.3 Å². The van der Waals surface area contributed by atoms with Gasteiger partial charge in [0.05, 0.1) is 12.1 Å². The number of nitrogens with two attached hydrogens (primary N) is 1. The number of rotatable bonds is 12.